The molecule has 0 aliphatic heterocycles. The third-order valence-corrected chi connectivity index (χ3v) is 3.58. The summed E-state index contributed by atoms with van der Waals surface area (Å²) in [7, 11) is 1.41. The number of carbonyl (C=O) groups is 1. The van der Waals surface area contributed by atoms with Gasteiger partial charge in [0.15, 0.2) is 5.75 Å². The van der Waals surface area contributed by atoms with Crippen molar-refractivity contribution in [2.24, 2.45) is 0 Å². The van der Waals surface area contributed by atoms with Crippen molar-refractivity contribution in [3.8, 4) is 11.5 Å². The van der Waals surface area contributed by atoms with E-state index in [4.69, 9.17) is 9.47 Å². The van der Waals surface area contributed by atoms with Gasteiger partial charge in [-0.25, -0.2) is 0 Å². The summed E-state index contributed by atoms with van der Waals surface area (Å²) in [5.74, 6) is 0.717. The quantitative estimate of drug-likeness (QED) is 0.846. The molecule has 0 spiro atoms. The first-order valence-electron chi connectivity index (χ1n) is 7.86. The number of aromatic amines is 1. The molecule has 0 radical (unpaired) electrons. The summed E-state index contributed by atoms with van der Waals surface area (Å²) in [6.45, 7) is 5.36. The lowest BCUT2D eigenvalue weighted by atomic mass is 10.2. The Morgan fingerprint density at radius 2 is 2.04 bits per heavy atom. The third-order valence-electron chi connectivity index (χ3n) is 3.58. The molecule has 6 nitrogen and oxygen atoms in total. The molecule has 0 bridgehead atoms. The number of methoxy groups -OCH3 is 1. The van der Waals surface area contributed by atoms with Crippen molar-refractivity contribution in [3.63, 3.8) is 0 Å². The second kappa shape index (κ2) is 8.19. The smallest absolute Gasteiger partial charge is 0.270 e. The highest BCUT2D eigenvalue weighted by molar-refractivity contribution is 5.92. The van der Waals surface area contributed by atoms with Gasteiger partial charge in [-0.15, -0.1) is 0 Å². The zero-order valence-electron chi connectivity index (χ0n) is 14.2. The highest BCUT2D eigenvalue weighted by atomic mass is 16.5. The molecule has 24 heavy (non-hydrogen) atoms. The van der Waals surface area contributed by atoms with Gasteiger partial charge in [0.25, 0.3) is 5.91 Å². The number of H-pyrrole nitrogens is 1. The predicted molar refractivity (Wildman–Crippen MR) is 91.6 cm³/mol. The van der Waals surface area contributed by atoms with E-state index in [9.17, 15) is 9.59 Å². The number of rotatable bonds is 7. The fourth-order valence-corrected chi connectivity index (χ4v) is 2.36. The summed E-state index contributed by atoms with van der Waals surface area (Å²) >= 11 is 0. The standard InChI is InChI=1S/C18H22N2O4/c1-4-20(12-13-7-6-8-14(9-13)24-5-2)18(22)15-10-16(21)17(23-3)11-19-15/h6-11H,4-5,12H2,1-3H3,(H,19,21). The topological polar surface area (TPSA) is 71.6 Å². The van der Waals surface area contributed by atoms with Crippen LogP contribution >= 0.6 is 0 Å². The van der Waals surface area contributed by atoms with Gasteiger partial charge in [0, 0.05) is 25.4 Å². The van der Waals surface area contributed by atoms with E-state index in [1.54, 1.807) is 4.90 Å². The van der Waals surface area contributed by atoms with Crippen LogP contribution in [-0.4, -0.2) is 36.1 Å². The average molecular weight is 330 g/mol. The van der Waals surface area contributed by atoms with Crippen LogP contribution in [0.3, 0.4) is 0 Å². The minimum absolute atomic E-state index is 0.180. The number of benzene rings is 1. The largest absolute Gasteiger partial charge is 0.494 e. The van der Waals surface area contributed by atoms with E-state index >= 15 is 0 Å². The Kier molecular flexibility index (Phi) is 6.01. The van der Waals surface area contributed by atoms with Crippen LogP contribution in [0.2, 0.25) is 0 Å². The van der Waals surface area contributed by atoms with E-state index in [-0.39, 0.29) is 22.8 Å². The van der Waals surface area contributed by atoms with Gasteiger partial charge in [0.05, 0.1) is 13.7 Å². The molecule has 0 aliphatic carbocycles. The van der Waals surface area contributed by atoms with Crippen molar-refractivity contribution in [3.05, 3.63) is 58.0 Å². The number of carbonyl (C=O) groups excluding carboxylic acids is 1. The van der Waals surface area contributed by atoms with Crippen LogP contribution < -0.4 is 14.9 Å². The maximum atomic E-state index is 12.6. The molecule has 1 N–H and O–H groups in total. The number of amides is 1. The van der Waals surface area contributed by atoms with Crippen LogP contribution in [0.15, 0.2) is 41.3 Å². The predicted octanol–water partition coefficient (Wildman–Crippen LogP) is 2.44. The fourth-order valence-electron chi connectivity index (χ4n) is 2.36. The maximum Gasteiger partial charge on any atom is 0.270 e. The van der Waals surface area contributed by atoms with Crippen molar-refractivity contribution in [1.82, 2.24) is 9.88 Å². The van der Waals surface area contributed by atoms with E-state index in [0.717, 1.165) is 11.3 Å². The Balaban J connectivity index is 2.18. The highest BCUT2D eigenvalue weighted by Crippen LogP contribution is 2.16. The summed E-state index contributed by atoms with van der Waals surface area (Å²) in [5.41, 5.74) is 0.879. The molecule has 0 saturated carbocycles. The van der Waals surface area contributed by atoms with E-state index in [1.807, 2.05) is 38.1 Å². The first kappa shape index (κ1) is 17.6. The van der Waals surface area contributed by atoms with Crippen LogP contribution in [0, 0.1) is 0 Å². The zero-order valence-corrected chi connectivity index (χ0v) is 14.2. The number of nitrogens with one attached hydrogen (secondary N) is 1. The summed E-state index contributed by atoms with van der Waals surface area (Å²) in [6, 6.07) is 8.89. The molecular formula is C18H22N2O4. The molecule has 0 fully saturated rings. The van der Waals surface area contributed by atoms with E-state index in [2.05, 4.69) is 4.98 Å². The number of aromatic nitrogens is 1. The average Bonchev–Trinajstić information content (AvgIpc) is 2.59. The number of hydrogen-bond donors (Lipinski definition) is 1. The molecule has 0 unspecified atom stereocenters. The van der Waals surface area contributed by atoms with Crippen LogP contribution in [0.25, 0.3) is 0 Å². The molecule has 6 heteroatoms. The third kappa shape index (κ3) is 4.16. The van der Waals surface area contributed by atoms with Gasteiger partial charge in [-0.3, -0.25) is 9.59 Å². The first-order chi connectivity index (χ1) is 11.6. The lowest BCUT2D eigenvalue weighted by molar-refractivity contribution is 0.0746. The minimum atomic E-state index is -0.325. The summed E-state index contributed by atoms with van der Waals surface area (Å²) in [4.78, 5) is 28.9. The number of hydrogen-bond acceptors (Lipinski definition) is 4. The Morgan fingerprint density at radius 3 is 2.67 bits per heavy atom. The minimum Gasteiger partial charge on any atom is -0.494 e. The molecule has 2 rings (SSSR count). The van der Waals surface area contributed by atoms with Crippen molar-refractivity contribution in [1.29, 1.82) is 0 Å². The van der Waals surface area contributed by atoms with Gasteiger partial charge in [-0.05, 0) is 31.5 Å². The van der Waals surface area contributed by atoms with Crippen LogP contribution in [0.4, 0.5) is 0 Å². The monoisotopic (exact) mass is 330 g/mol. The number of pyridine rings is 1. The molecule has 0 aliphatic rings. The SMILES string of the molecule is CCOc1cccc(CN(CC)C(=O)c2cc(=O)c(OC)c[nH]2)c1. The Morgan fingerprint density at radius 1 is 1.25 bits per heavy atom. The molecule has 128 valence electrons. The molecule has 0 saturated heterocycles. The van der Waals surface area contributed by atoms with Crippen molar-refractivity contribution < 1.29 is 14.3 Å². The molecule has 2 aromatic rings. The molecule has 1 amide bonds. The maximum absolute atomic E-state index is 12.6. The van der Waals surface area contributed by atoms with Gasteiger partial charge < -0.3 is 19.4 Å². The molecule has 1 aromatic carbocycles. The van der Waals surface area contributed by atoms with Crippen LogP contribution in [-0.2, 0) is 6.54 Å². The first-order valence-corrected chi connectivity index (χ1v) is 7.86. The van der Waals surface area contributed by atoms with Gasteiger partial charge in [-0.2, -0.15) is 0 Å². The Bertz CT molecular complexity index is 755. The van der Waals surface area contributed by atoms with Gasteiger partial charge >= 0.3 is 0 Å². The summed E-state index contributed by atoms with van der Waals surface area (Å²) < 4.78 is 10.4. The van der Waals surface area contributed by atoms with Crippen molar-refractivity contribution >= 4 is 5.91 Å². The normalized spacial score (nSPS) is 10.3. The lowest BCUT2D eigenvalue weighted by Crippen LogP contribution is -2.31. The summed E-state index contributed by atoms with van der Waals surface area (Å²) in [5, 5.41) is 0. The Labute approximate surface area is 141 Å². The van der Waals surface area contributed by atoms with Gasteiger partial charge in [0.1, 0.15) is 11.4 Å². The zero-order chi connectivity index (χ0) is 17.5. The molecule has 0 atom stereocenters. The van der Waals surface area contributed by atoms with E-state index in [1.165, 1.54) is 19.4 Å². The summed E-state index contributed by atoms with van der Waals surface area (Å²) in [6.07, 6.45) is 1.40. The fraction of sp³-hybridized carbons (Fsp3) is 0.333. The molecule has 1 heterocycles. The number of nitrogens with zero attached hydrogens (tertiary/aromatic N) is 1. The molecular weight excluding hydrogens is 308 g/mol. The van der Waals surface area contributed by atoms with Crippen LogP contribution in [0.5, 0.6) is 11.5 Å². The van der Waals surface area contributed by atoms with E-state index < -0.39 is 0 Å². The Hall–Kier alpha value is -2.76. The highest BCUT2D eigenvalue weighted by Gasteiger charge is 2.17. The molecule has 1 aromatic heterocycles. The number of ether oxygens (including phenoxy) is 2. The van der Waals surface area contributed by atoms with E-state index in [0.29, 0.717) is 19.7 Å². The van der Waals surface area contributed by atoms with Gasteiger partial charge in [-0.1, -0.05) is 12.1 Å². The van der Waals surface area contributed by atoms with Crippen LogP contribution in [0.1, 0.15) is 29.9 Å². The van der Waals surface area contributed by atoms with Crippen molar-refractivity contribution in [2.45, 2.75) is 20.4 Å². The second-order valence-corrected chi connectivity index (χ2v) is 5.18. The van der Waals surface area contributed by atoms with Gasteiger partial charge in [0.2, 0.25) is 5.43 Å². The van der Waals surface area contributed by atoms with Crippen molar-refractivity contribution in [2.75, 3.05) is 20.3 Å². The second-order valence-electron chi connectivity index (χ2n) is 5.18. The lowest BCUT2D eigenvalue weighted by Gasteiger charge is -2.21.